The van der Waals surface area contributed by atoms with Gasteiger partial charge in [0.2, 0.25) is 11.9 Å². The molecule has 0 spiro atoms. The van der Waals surface area contributed by atoms with Crippen LogP contribution in [0.5, 0.6) is 0 Å². The zero-order valence-electron chi connectivity index (χ0n) is 14.9. The van der Waals surface area contributed by atoms with Gasteiger partial charge < -0.3 is 15.2 Å². The Labute approximate surface area is 159 Å². The van der Waals surface area contributed by atoms with Crippen molar-refractivity contribution in [1.29, 1.82) is 0 Å². The SMILES string of the molecule is CCOC(=O)/N=C1/N[C@](C)(c2ccc3sccc3c2)CC(=O)N1CC(=O)O. The fourth-order valence-electron chi connectivity index (χ4n) is 2.99. The first-order chi connectivity index (χ1) is 12.8. The molecule has 1 atom stereocenters. The minimum absolute atomic E-state index is 0.0256. The highest BCUT2D eigenvalue weighted by Crippen LogP contribution is 2.32. The number of ether oxygens (including phenoxy) is 1. The van der Waals surface area contributed by atoms with E-state index in [1.165, 1.54) is 0 Å². The third-order valence-corrected chi connectivity index (χ3v) is 5.19. The van der Waals surface area contributed by atoms with Crippen molar-refractivity contribution in [2.45, 2.75) is 25.8 Å². The van der Waals surface area contributed by atoms with Crippen LogP contribution in [0.1, 0.15) is 25.8 Å². The second-order valence-corrected chi connectivity index (χ2v) is 7.26. The first-order valence-corrected chi connectivity index (χ1v) is 9.24. The number of carbonyl (C=O) groups excluding carboxylic acids is 2. The summed E-state index contributed by atoms with van der Waals surface area (Å²) < 4.78 is 5.93. The third kappa shape index (κ3) is 3.92. The van der Waals surface area contributed by atoms with Crippen molar-refractivity contribution >= 4 is 45.4 Å². The first kappa shape index (κ1) is 18.8. The Morgan fingerprint density at radius 3 is 2.89 bits per heavy atom. The maximum atomic E-state index is 12.7. The molecule has 0 radical (unpaired) electrons. The zero-order chi connectivity index (χ0) is 19.6. The molecule has 2 heterocycles. The summed E-state index contributed by atoms with van der Waals surface area (Å²) in [6.07, 6.45) is -0.863. The molecule has 1 aliphatic rings. The summed E-state index contributed by atoms with van der Waals surface area (Å²) in [6.45, 7) is 2.97. The molecule has 142 valence electrons. The van der Waals surface area contributed by atoms with Crippen LogP contribution in [-0.4, -0.2) is 47.1 Å². The number of carboxylic acid groups (broad SMARTS) is 1. The predicted molar refractivity (Wildman–Crippen MR) is 101 cm³/mol. The summed E-state index contributed by atoms with van der Waals surface area (Å²) in [5.74, 6) is -1.77. The third-order valence-electron chi connectivity index (χ3n) is 4.30. The van der Waals surface area contributed by atoms with Crippen LogP contribution in [0.3, 0.4) is 0 Å². The number of nitrogens with zero attached hydrogens (tertiary/aromatic N) is 2. The second-order valence-electron chi connectivity index (χ2n) is 6.32. The molecule has 1 aromatic carbocycles. The zero-order valence-corrected chi connectivity index (χ0v) is 15.7. The van der Waals surface area contributed by atoms with Crippen molar-refractivity contribution in [3.05, 3.63) is 35.2 Å². The molecule has 2 aromatic rings. The molecule has 2 N–H and O–H groups in total. The van der Waals surface area contributed by atoms with Crippen molar-refractivity contribution in [3.63, 3.8) is 0 Å². The van der Waals surface area contributed by atoms with Gasteiger partial charge in [0.05, 0.1) is 18.6 Å². The van der Waals surface area contributed by atoms with Gasteiger partial charge in [-0.2, -0.15) is 0 Å². The lowest BCUT2D eigenvalue weighted by Gasteiger charge is -2.40. The van der Waals surface area contributed by atoms with Gasteiger partial charge in [-0.3, -0.25) is 14.5 Å². The number of hydrogen-bond acceptors (Lipinski definition) is 5. The fourth-order valence-corrected chi connectivity index (χ4v) is 3.76. The molecule has 1 fully saturated rings. The van der Waals surface area contributed by atoms with Gasteiger partial charge in [0.15, 0.2) is 0 Å². The van der Waals surface area contributed by atoms with E-state index >= 15 is 0 Å². The van der Waals surface area contributed by atoms with Crippen LogP contribution in [-0.2, 0) is 19.9 Å². The van der Waals surface area contributed by atoms with E-state index in [0.717, 1.165) is 20.5 Å². The number of benzene rings is 1. The van der Waals surface area contributed by atoms with Crippen LogP contribution in [0.4, 0.5) is 4.79 Å². The Morgan fingerprint density at radius 1 is 1.41 bits per heavy atom. The number of nitrogens with one attached hydrogen (secondary N) is 1. The van der Waals surface area contributed by atoms with E-state index < -0.39 is 30.1 Å². The summed E-state index contributed by atoms with van der Waals surface area (Å²) in [7, 11) is 0. The highest BCUT2D eigenvalue weighted by atomic mass is 32.1. The number of carbonyl (C=O) groups is 3. The summed E-state index contributed by atoms with van der Waals surface area (Å²) in [6, 6.07) is 7.84. The Kier molecular flexibility index (Phi) is 5.13. The van der Waals surface area contributed by atoms with Crippen molar-refractivity contribution in [1.82, 2.24) is 10.2 Å². The minimum Gasteiger partial charge on any atom is -0.480 e. The van der Waals surface area contributed by atoms with Crippen LogP contribution >= 0.6 is 11.3 Å². The van der Waals surface area contributed by atoms with Gasteiger partial charge >= 0.3 is 12.1 Å². The highest BCUT2D eigenvalue weighted by Gasteiger charge is 2.41. The monoisotopic (exact) mass is 389 g/mol. The smallest absolute Gasteiger partial charge is 0.436 e. The minimum atomic E-state index is -1.20. The van der Waals surface area contributed by atoms with Gasteiger partial charge in [-0.1, -0.05) is 6.07 Å². The maximum Gasteiger partial charge on any atom is 0.436 e. The number of guanidine groups is 1. The molecule has 1 aliphatic heterocycles. The van der Waals surface area contributed by atoms with E-state index in [1.807, 2.05) is 36.6 Å². The molecule has 3 rings (SSSR count). The van der Waals surface area contributed by atoms with Crippen LogP contribution in [0.15, 0.2) is 34.6 Å². The van der Waals surface area contributed by atoms with E-state index in [4.69, 9.17) is 9.84 Å². The number of rotatable bonds is 4. The average Bonchev–Trinajstić information content (AvgIpc) is 3.05. The maximum absolute atomic E-state index is 12.7. The molecule has 0 bridgehead atoms. The van der Waals surface area contributed by atoms with E-state index in [-0.39, 0.29) is 19.0 Å². The molecule has 9 heteroatoms. The van der Waals surface area contributed by atoms with Gasteiger partial charge in [0.25, 0.3) is 0 Å². The Balaban J connectivity index is 1.99. The topological polar surface area (TPSA) is 108 Å². The summed E-state index contributed by atoms with van der Waals surface area (Å²) in [5, 5.41) is 15.2. The quantitative estimate of drug-likeness (QED) is 0.832. The number of thiophene rings is 1. The van der Waals surface area contributed by atoms with Gasteiger partial charge in [-0.25, -0.2) is 4.79 Å². The van der Waals surface area contributed by atoms with Crippen LogP contribution < -0.4 is 5.32 Å². The molecule has 0 unspecified atom stereocenters. The van der Waals surface area contributed by atoms with E-state index in [0.29, 0.717) is 0 Å². The molecular formula is C18H19N3O5S. The Bertz CT molecular complexity index is 938. The number of aliphatic carboxylic acids is 1. The largest absolute Gasteiger partial charge is 0.480 e. The second kappa shape index (κ2) is 7.36. The van der Waals surface area contributed by atoms with E-state index in [2.05, 4.69) is 10.3 Å². The van der Waals surface area contributed by atoms with E-state index in [1.54, 1.807) is 18.3 Å². The van der Waals surface area contributed by atoms with Gasteiger partial charge in [0, 0.05) is 4.70 Å². The average molecular weight is 389 g/mol. The van der Waals surface area contributed by atoms with Crippen molar-refractivity contribution in [2.75, 3.05) is 13.2 Å². The lowest BCUT2D eigenvalue weighted by molar-refractivity contribution is -0.143. The molecule has 8 nitrogen and oxygen atoms in total. The number of aliphatic imine (C=N–C) groups is 1. The lowest BCUT2D eigenvalue weighted by Crippen LogP contribution is -2.61. The van der Waals surface area contributed by atoms with Gasteiger partial charge in [-0.15, -0.1) is 16.3 Å². The van der Waals surface area contributed by atoms with Gasteiger partial charge in [-0.05, 0) is 48.4 Å². The normalized spacial score (nSPS) is 21.3. The van der Waals surface area contributed by atoms with E-state index in [9.17, 15) is 14.4 Å². The highest BCUT2D eigenvalue weighted by molar-refractivity contribution is 7.17. The Hall–Kier alpha value is -2.94. The number of carboxylic acids is 1. The summed E-state index contributed by atoms with van der Waals surface area (Å²) in [5.41, 5.74) is 0.00126. The summed E-state index contributed by atoms with van der Waals surface area (Å²) in [4.78, 5) is 40.3. The number of hydrogen-bond donors (Lipinski definition) is 2. The summed E-state index contributed by atoms with van der Waals surface area (Å²) >= 11 is 1.62. The molecular weight excluding hydrogens is 370 g/mol. The number of amides is 2. The molecule has 2 amide bonds. The van der Waals surface area contributed by atoms with Crippen LogP contribution in [0.25, 0.3) is 10.1 Å². The number of fused-ring (bicyclic) bond motifs is 1. The first-order valence-electron chi connectivity index (χ1n) is 8.36. The van der Waals surface area contributed by atoms with Crippen LogP contribution in [0, 0.1) is 0 Å². The predicted octanol–water partition coefficient (Wildman–Crippen LogP) is 2.54. The van der Waals surface area contributed by atoms with Crippen molar-refractivity contribution in [2.24, 2.45) is 4.99 Å². The fraction of sp³-hybridized carbons (Fsp3) is 0.333. The lowest BCUT2D eigenvalue weighted by atomic mass is 9.86. The molecule has 0 aliphatic carbocycles. The van der Waals surface area contributed by atoms with Crippen molar-refractivity contribution < 1.29 is 24.2 Å². The standard InChI is InChI=1S/C18H19N3O5S/c1-3-26-17(25)19-16-20-18(2,9-14(22)21(16)10-15(23)24)12-4-5-13-11(8-12)6-7-27-13/h4-8H,3,9-10H2,1-2H3,(H,23,24)(H,19,20,25)/t18-/m0/s1. The van der Waals surface area contributed by atoms with Crippen LogP contribution in [0.2, 0.25) is 0 Å². The molecule has 1 saturated heterocycles. The van der Waals surface area contributed by atoms with Gasteiger partial charge in [0.1, 0.15) is 6.54 Å². The molecule has 27 heavy (non-hydrogen) atoms. The molecule has 0 saturated carbocycles. The molecule has 1 aromatic heterocycles. The Morgan fingerprint density at radius 2 is 2.19 bits per heavy atom. The van der Waals surface area contributed by atoms with Crippen molar-refractivity contribution in [3.8, 4) is 0 Å².